The van der Waals surface area contributed by atoms with Crippen LogP contribution in [-0.2, 0) is 10.0 Å². The van der Waals surface area contributed by atoms with E-state index >= 15 is 0 Å². The molecule has 0 atom stereocenters. The van der Waals surface area contributed by atoms with Crippen LogP contribution in [0.3, 0.4) is 0 Å². The molecule has 1 N–H and O–H groups in total. The number of aromatic amines is 1. The summed E-state index contributed by atoms with van der Waals surface area (Å²) in [6.45, 7) is 1.20. The highest BCUT2D eigenvalue weighted by Gasteiger charge is 2.26. The first kappa shape index (κ1) is 13.8. The van der Waals surface area contributed by atoms with E-state index in [0.717, 1.165) is 6.26 Å². The molecule has 1 aliphatic rings. The van der Waals surface area contributed by atoms with E-state index in [2.05, 4.69) is 4.98 Å². The summed E-state index contributed by atoms with van der Waals surface area (Å²) in [5, 5.41) is 0. The summed E-state index contributed by atoms with van der Waals surface area (Å²) in [6.07, 6.45) is 1.15. The van der Waals surface area contributed by atoms with Gasteiger partial charge in [-0.3, -0.25) is 9.59 Å². The van der Waals surface area contributed by atoms with Crippen LogP contribution in [0.2, 0.25) is 0 Å². The van der Waals surface area contributed by atoms with Crippen molar-refractivity contribution in [1.82, 2.24) is 14.2 Å². The monoisotopic (exact) mass is 285 g/mol. The smallest absolute Gasteiger partial charge is 0.270 e. The lowest BCUT2D eigenvalue weighted by Crippen LogP contribution is -2.50. The van der Waals surface area contributed by atoms with Crippen LogP contribution in [0.15, 0.2) is 23.0 Å². The molecule has 0 spiro atoms. The second-order valence-corrected chi connectivity index (χ2v) is 6.37. The molecule has 2 heterocycles. The van der Waals surface area contributed by atoms with Crippen molar-refractivity contribution in [1.29, 1.82) is 0 Å². The summed E-state index contributed by atoms with van der Waals surface area (Å²) in [5.74, 6) is -0.286. The topological polar surface area (TPSA) is 90.6 Å². The number of nitrogens with one attached hydrogen (secondary N) is 1. The number of nitrogens with zero attached hydrogens (tertiary/aromatic N) is 2. The van der Waals surface area contributed by atoms with Crippen LogP contribution in [0.4, 0.5) is 0 Å². The van der Waals surface area contributed by atoms with Crippen LogP contribution in [0.1, 0.15) is 10.5 Å². The predicted octanol–water partition coefficient (Wildman–Crippen LogP) is -0.908. The van der Waals surface area contributed by atoms with Crippen molar-refractivity contribution in [2.24, 2.45) is 0 Å². The van der Waals surface area contributed by atoms with E-state index in [9.17, 15) is 18.0 Å². The molecule has 7 nitrogen and oxygen atoms in total. The fourth-order valence-corrected chi connectivity index (χ4v) is 2.79. The normalized spacial score (nSPS) is 17.4. The van der Waals surface area contributed by atoms with E-state index in [1.165, 1.54) is 27.4 Å². The van der Waals surface area contributed by atoms with Crippen molar-refractivity contribution < 1.29 is 13.2 Å². The number of amides is 1. The van der Waals surface area contributed by atoms with Gasteiger partial charge in [0.15, 0.2) is 0 Å². The fraction of sp³-hybridized carbons (Fsp3) is 0.455. The molecule has 8 heteroatoms. The number of H-pyrrole nitrogens is 1. The summed E-state index contributed by atoms with van der Waals surface area (Å²) in [6, 6.07) is 4.38. The Morgan fingerprint density at radius 1 is 1.21 bits per heavy atom. The third-order valence-electron chi connectivity index (χ3n) is 2.99. The molecule has 104 valence electrons. The van der Waals surface area contributed by atoms with E-state index < -0.39 is 10.0 Å². The van der Waals surface area contributed by atoms with Crippen molar-refractivity contribution in [3.63, 3.8) is 0 Å². The number of aromatic nitrogens is 1. The average Bonchev–Trinajstić information content (AvgIpc) is 2.37. The second kappa shape index (κ2) is 5.14. The molecule has 2 rings (SSSR count). The minimum atomic E-state index is -3.21. The molecular formula is C11H15N3O4S. The molecule has 1 fully saturated rings. The summed E-state index contributed by atoms with van der Waals surface area (Å²) in [4.78, 5) is 27.2. The van der Waals surface area contributed by atoms with E-state index in [0.29, 0.717) is 13.1 Å². The second-order valence-electron chi connectivity index (χ2n) is 4.38. The summed E-state index contributed by atoms with van der Waals surface area (Å²) >= 11 is 0. The van der Waals surface area contributed by atoms with E-state index in [4.69, 9.17) is 0 Å². The highest BCUT2D eigenvalue weighted by molar-refractivity contribution is 7.88. The summed E-state index contributed by atoms with van der Waals surface area (Å²) < 4.78 is 24.0. The van der Waals surface area contributed by atoms with Crippen LogP contribution < -0.4 is 5.56 Å². The molecule has 0 saturated carbocycles. The first-order valence-electron chi connectivity index (χ1n) is 5.81. The van der Waals surface area contributed by atoms with Crippen LogP contribution in [-0.4, -0.2) is 60.9 Å². The molecule has 0 radical (unpaired) electrons. The molecule has 0 aliphatic carbocycles. The fourth-order valence-electron chi connectivity index (χ4n) is 1.97. The van der Waals surface area contributed by atoms with Crippen LogP contribution in [0.25, 0.3) is 0 Å². The molecular weight excluding hydrogens is 270 g/mol. The van der Waals surface area contributed by atoms with Crippen molar-refractivity contribution >= 4 is 15.9 Å². The zero-order valence-electron chi connectivity index (χ0n) is 10.5. The van der Waals surface area contributed by atoms with Gasteiger partial charge in [0.1, 0.15) is 5.69 Å². The number of piperazine rings is 1. The third-order valence-corrected chi connectivity index (χ3v) is 4.30. The van der Waals surface area contributed by atoms with Gasteiger partial charge in [-0.25, -0.2) is 8.42 Å². The quantitative estimate of drug-likeness (QED) is 0.762. The van der Waals surface area contributed by atoms with Gasteiger partial charge < -0.3 is 9.88 Å². The molecule has 0 bridgehead atoms. The van der Waals surface area contributed by atoms with Crippen molar-refractivity contribution in [3.05, 3.63) is 34.2 Å². The highest BCUT2D eigenvalue weighted by atomic mass is 32.2. The summed E-state index contributed by atoms with van der Waals surface area (Å²) in [7, 11) is -3.21. The van der Waals surface area contributed by atoms with Gasteiger partial charge in [-0.05, 0) is 6.07 Å². The Hall–Kier alpha value is -1.67. The van der Waals surface area contributed by atoms with Crippen molar-refractivity contribution in [2.45, 2.75) is 0 Å². The Kier molecular flexibility index (Phi) is 3.72. The van der Waals surface area contributed by atoms with E-state index in [-0.39, 0.29) is 30.2 Å². The SMILES string of the molecule is CS(=O)(=O)N1CCN(C(=O)c2cccc(=O)[nH]2)CC1. The Morgan fingerprint density at radius 3 is 2.37 bits per heavy atom. The van der Waals surface area contributed by atoms with E-state index in [1.54, 1.807) is 0 Å². The average molecular weight is 285 g/mol. The Bertz CT molecular complexity index is 629. The standard InChI is InChI=1S/C11H15N3O4S/c1-19(17,18)14-7-5-13(6-8-14)11(16)9-3-2-4-10(15)12-9/h2-4H,5-8H2,1H3,(H,12,15). The first-order chi connectivity index (χ1) is 8.88. The van der Waals surface area contributed by atoms with Gasteiger partial charge in [0, 0.05) is 32.2 Å². The van der Waals surface area contributed by atoms with Crippen molar-refractivity contribution in [2.75, 3.05) is 32.4 Å². The number of hydrogen-bond donors (Lipinski definition) is 1. The molecule has 1 amide bonds. The summed E-state index contributed by atoms with van der Waals surface area (Å²) in [5.41, 5.74) is -0.110. The molecule has 1 aliphatic heterocycles. The number of carbonyl (C=O) groups is 1. The van der Waals surface area contributed by atoms with Crippen LogP contribution in [0.5, 0.6) is 0 Å². The zero-order valence-corrected chi connectivity index (χ0v) is 11.3. The number of carbonyl (C=O) groups excluding carboxylic acids is 1. The van der Waals surface area contributed by atoms with Crippen LogP contribution in [0, 0.1) is 0 Å². The predicted molar refractivity (Wildman–Crippen MR) is 69.4 cm³/mol. The Balaban J connectivity index is 2.06. The van der Waals surface area contributed by atoms with Crippen LogP contribution >= 0.6 is 0 Å². The minimum Gasteiger partial charge on any atom is -0.335 e. The zero-order chi connectivity index (χ0) is 14.0. The Morgan fingerprint density at radius 2 is 1.84 bits per heavy atom. The van der Waals surface area contributed by atoms with Gasteiger partial charge in [-0.15, -0.1) is 0 Å². The molecule has 1 aromatic heterocycles. The van der Waals surface area contributed by atoms with Gasteiger partial charge in [0.25, 0.3) is 5.91 Å². The molecule has 1 saturated heterocycles. The van der Waals surface area contributed by atoms with Gasteiger partial charge in [0.05, 0.1) is 6.26 Å². The maximum atomic E-state index is 12.1. The minimum absolute atomic E-state index is 0.223. The number of pyridine rings is 1. The first-order valence-corrected chi connectivity index (χ1v) is 7.66. The van der Waals surface area contributed by atoms with Gasteiger partial charge >= 0.3 is 0 Å². The van der Waals surface area contributed by atoms with Gasteiger partial charge in [-0.2, -0.15) is 4.31 Å². The van der Waals surface area contributed by atoms with Gasteiger partial charge in [-0.1, -0.05) is 6.07 Å². The maximum absolute atomic E-state index is 12.1. The van der Waals surface area contributed by atoms with Crippen molar-refractivity contribution in [3.8, 4) is 0 Å². The molecule has 0 unspecified atom stereocenters. The third kappa shape index (κ3) is 3.21. The van der Waals surface area contributed by atoms with E-state index in [1.807, 2.05) is 0 Å². The lowest BCUT2D eigenvalue weighted by atomic mass is 10.3. The number of hydrogen-bond acceptors (Lipinski definition) is 4. The Labute approximate surface area is 110 Å². The molecule has 19 heavy (non-hydrogen) atoms. The largest absolute Gasteiger partial charge is 0.335 e. The number of sulfonamides is 1. The lowest BCUT2D eigenvalue weighted by Gasteiger charge is -2.33. The maximum Gasteiger partial charge on any atom is 0.270 e. The molecule has 1 aromatic rings. The highest BCUT2D eigenvalue weighted by Crippen LogP contribution is 2.08. The lowest BCUT2D eigenvalue weighted by molar-refractivity contribution is 0.0692. The van der Waals surface area contributed by atoms with Gasteiger partial charge in [0.2, 0.25) is 15.6 Å². The molecule has 0 aromatic carbocycles. The number of rotatable bonds is 2.